The molecule has 2 atom stereocenters. The van der Waals surface area contributed by atoms with Gasteiger partial charge in [-0.15, -0.1) is 0 Å². The molecule has 0 amide bonds. The van der Waals surface area contributed by atoms with Crippen molar-refractivity contribution < 1.29 is 13.9 Å². The van der Waals surface area contributed by atoms with Gasteiger partial charge in [-0.2, -0.15) is 0 Å². The molecule has 160 valence electrons. The van der Waals surface area contributed by atoms with Gasteiger partial charge in [0.25, 0.3) is 5.28 Å². The zero-order chi connectivity index (χ0) is 20.6. The highest BCUT2D eigenvalue weighted by atomic mass is 31.1. The average Bonchev–Trinajstić information content (AvgIpc) is 2.60. The van der Waals surface area contributed by atoms with Gasteiger partial charge in [-0.3, -0.25) is 4.48 Å². The minimum atomic E-state index is -2.42. The molecule has 27 heavy (non-hydrogen) atoms. The number of rotatable bonds is 18. The standard InChI is InChI=1S/C23H47NO2P/c1-6-8-9-10-11-12-13-14-15-16-17-18-19-20-21-22-23(7-2,27(25)26)24(3,4)5/h17-18H,6-16,19-22H2,1-5H3/q+1/b18-17-. The van der Waals surface area contributed by atoms with Crippen LogP contribution in [-0.2, 0) is 4.57 Å². The maximum atomic E-state index is 11.9. The number of unbranched alkanes of at least 4 members (excludes halogenated alkanes) is 11. The number of nitrogens with zero attached hydrogens (tertiary/aromatic N) is 1. The first kappa shape index (κ1) is 26.8. The summed E-state index contributed by atoms with van der Waals surface area (Å²) in [5.41, 5.74) is 0. The Morgan fingerprint density at radius 3 is 1.63 bits per heavy atom. The Bertz CT molecular complexity index is 404. The molecule has 3 nitrogen and oxygen atoms in total. The van der Waals surface area contributed by atoms with E-state index in [4.69, 9.17) is 0 Å². The van der Waals surface area contributed by atoms with Crippen LogP contribution in [0.15, 0.2) is 12.2 Å². The fourth-order valence-corrected chi connectivity index (χ4v) is 5.02. The van der Waals surface area contributed by atoms with Crippen molar-refractivity contribution in [3.63, 3.8) is 0 Å². The lowest BCUT2D eigenvalue weighted by Gasteiger charge is -2.39. The Balaban J connectivity index is 3.74. The predicted octanol–water partition coefficient (Wildman–Crippen LogP) is 6.94. The molecule has 0 rings (SSSR count). The van der Waals surface area contributed by atoms with Gasteiger partial charge >= 0.3 is 8.03 Å². The molecule has 0 N–H and O–H groups in total. The van der Waals surface area contributed by atoms with Crippen molar-refractivity contribution in [3.05, 3.63) is 12.2 Å². The maximum absolute atomic E-state index is 11.9. The van der Waals surface area contributed by atoms with E-state index in [1.54, 1.807) is 0 Å². The zero-order valence-corrected chi connectivity index (χ0v) is 19.9. The first-order chi connectivity index (χ1) is 12.8. The smallest absolute Gasteiger partial charge is 0.376 e. The van der Waals surface area contributed by atoms with E-state index in [9.17, 15) is 9.46 Å². The summed E-state index contributed by atoms with van der Waals surface area (Å²) in [5.74, 6) is 0. The van der Waals surface area contributed by atoms with E-state index in [1.165, 1.54) is 64.2 Å². The average molecular weight is 401 g/mol. The van der Waals surface area contributed by atoms with E-state index in [0.29, 0.717) is 10.9 Å². The van der Waals surface area contributed by atoms with Crippen molar-refractivity contribution in [3.8, 4) is 0 Å². The molecule has 0 spiro atoms. The van der Waals surface area contributed by atoms with Crippen LogP contribution in [-0.4, -0.2) is 30.9 Å². The Morgan fingerprint density at radius 2 is 1.22 bits per heavy atom. The van der Waals surface area contributed by atoms with Crippen molar-refractivity contribution in [2.75, 3.05) is 21.1 Å². The summed E-state index contributed by atoms with van der Waals surface area (Å²) in [6, 6.07) is 0. The van der Waals surface area contributed by atoms with Crippen LogP contribution >= 0.6 is 8.03 Å². The van der Waals surface area contributed by atoms with E-state index in [-0.39, 0.29) is 0 Å². The quantitative estimate of drug-likeness (QED) is 0.108. The van der Waals surface area contributed by atoms with Crippen molar-refractivity contribution in [2.24, 2.45) is 0 Å². The van der Waals surface area contributed by atoms with Crippen molar-refractivity contribution in [1.82, 2.24) is 0 Å². The van der Waals surface area contributed by atoms with Crippen LogP contribution in [0, 0.1) is 0 Å². The van der Waals surface area contributed by atoms with Crippen LogP contribution in [0.3, 0.4) is 0 Å². The normalized spacial score (nSPS) is 15.3. The summed E-state index contributed by atoms with van der Waals surface area (Å²) < 4.78 is 12.4. The second-order valence-corrected chi connectivity index (χ2v) is 10.3. The molecule has 0 bridgehead atoms. The molecule has 0 radical (unpaired) electrons. The lowest BCUT2D eigenvalue weighted by molar-refractivity contribution is -0.910. The van der Waals surface area contributed by atoms with Gasteiger partial charge in [0.1, 0.15) is 0 Å². The second-order valence-electron chi connectivity index (χ2n) is 8.94. The lowest BCUT2D eigenvalue weighted by atomic mass is 10.0. The molecule has 2 unspecified atom stereocenters. The lowest BCUT2D eigenvalue weighted by Crippen LogP contribution is -2.55. The van der Waals surface area contributed by atoms with Crippen LogP contribution in [0.4, 0.5) is 0 Å². The largest absolute Gasteiger partial charge is 0.590 e. The minimum absolute atomic E-state index is 0.497. The maximum Gasteiger partial charge on any atom is 0.376 e. The summed E-state index contributed by atoms with van der Waals surface area (Å²) in [4.78, 5) is 11.9. The molecular weight excluding hydrogens is 353 g/mol. The molecule has 0 saturated carbocycles. The topological polar surface area (TPSA) is 40.1 Å². The van der Waals surface area contributed by atoms with Crippen LogP contribution in [0.1, 0.15) is 110 Å². The molecule has 0 aromatic carbocycles. The van der Waals surface area contributed by atoms with E-state index in [0.717, 1.165) is 25.7 Å². The van der Waals surface area contributed by atoms with Gasteiger partial charge in [-0.05, 0) is 32.1 Å². The van der Waals surface area contributed by atoms with Crippen LogP contribution < -0.4 is 4.89 Å². The van der Waals surface area contributed by atoms with Crippen LogP contribution in [0.2, 0.25) is 0 Å². The molecule has 0 saturated heterocycles. The van der Waals surface area contributed by atoms with Crippen molar-refractivity contribution in [1.29, 1.82) is 0 Å². The highest BCUT2D eigenvalue weighted by Crippen LogP contribution is 2.44. The van der Waals surface area contributed by atoms with Gasteiger partial charge < -0.3 is 4.89 Å². The SMILES string of the molecule is CCCCCCCCCCC/C=C\CCCCC(CC)([P+](=O)[O-])[N+](C)(C)C. The second kappa shape index (κ2) is 15.7. The predicted molar refractivity (Wildman–Crippen MR) is 118 cm³/mol. The van der Waals surface area contributed by atoms with Crippen LogP contribution in [0.25, 0.3) is 0 Å². The molecule has 0 aliphatic carbocycles. The van der Waals surface area contributed by atoms with E-state index < -0.39 is 13.3 Å². The number of quaternary nitrogens is 1. The minimum Gasteiger partial charge on any atom is -0.590 e. The molecule has 0 heterocycles. The summed E-state index contributed by atoms with van der Waals surface area (Å²) in [6.45, 7) is 4.27. The van der Waals surface area contributed by atoms with Crippen molar-refractivity contribution in [2.45, 2.75) is 115 Å². The Morgan fingerprint density at radius 1 is 0.778 bits per heavy atom. The summed E-state index contributed by atoms with van der Waals surface area (Å²) in [7, 11) is 3.57. The van der Waals surface area contributed by atoms with E-state index in [1.807, 2.05) is 28.1 Å². The fraction of sp³-hybridized carbons (Fsp3) is 0.913. The third-order valence-corrected chi connectivity index (χ3v) is 7.81. The van der Waals surface area contributed by atoms with Gasteiger partial charge in [-0.25, -0.2) is 0 Å². The number of hydrogen-bond acceptors (Lipinski definition) is 2. The Kier molecular flexibility index (Phi) is 15.5. The molecule has 0 fully saturated rings. The summed E-state index contributed by atoms with van der Waals surface area (Å²) >= 11 is 0. The van der Waals surface area contributed by atoms with Gasteiger partial charge in [0.2, 0.25) is 0 Å². The van der Waals surface area contributed by atoms with E-state index >= 15 is 0 Å². The van der Waals surface area contributed by atoms with Crippen LogP contribution in [0.5, 0.6) is 0 Å². The highest BCUT2D eigenvalue weighted by molar-refractivity contribution is 7.38. The zero-order valence-electron chi connectivity index (χ0n) is 19.0. The number of hydrogen-bond donors (Lipinski definition) is 0. The molecule has 0 aliphatic rings. The first-order valence-electron chi connectivity index (χ1n) is 11.4. The highest BCUT2D eigenvalue weighted by Gasteiger charge is 2.52. The molecule has 0 aliphatic heterocycles. The molecular formula is C23H47NO2P+. The van der Waals surface area contributed by atoms with E-state index in [2.05, 4.69) is 19.1 Å². The third kappa shape index (κ3) is 11.4. The van der Waals surface area contributed by atoms with Crippen molar-refractivity contribution >= 4 is 8.03 Å². The molecule has 0 aromatic rings. The van der Waals surface area contributed by atoms with Gasteiger partial charge in [0.15, 0.2) is 0 Å². The third-order valence-electron chi connectivity index (χ3n) is 5.99. The summed E-state index contributed by atoms with van der Waals surface area (Å²) in [5, 5.41) is -0.615. The fourth-order valence-electron chi connectivity index (χ4n) is 3.93. The number of allylic oxidation sites excluding steroid dienone is 2. The molecule has 0 aromatic heterocycles. The van der Waals surface area contributed by atoms with Gasteiger partial charge in [0, 0.05) is 12.8 Å². The monoisotopic (exact) mass is 400 g/mol. The van der Waals surface area contributed by atoms with Gasteiger partial charge in [0.05, 0.1) is 21.1 Å². The molecule has 4 heteroatoms. The van der Waals surface area contributed by atoms with Gasteiger partial charge in [-0.1, -0.05) is 81.9 Å². The first-order valence-corrected chi connectivity index (χ1v) is 12.6. The Hall–Kier alpha value is -0.240. The summed E-state index contributed by atoms with van der Waals surface area (Å²) in [6.07, 6.45) is 22.8. The Labute approximate surface area is 171 Å².